The summed E-state index contributed by atoms with van der Waals surface area (Å²) in [5, 5.41) is 0. The van der Waals surface area contributed by atoms with Gasteiger partial charge in [0.15, 0.2) is 0 Å². The van der Waals surface area contributed by atoms with Crippen LogP contribution in [-0.4, -0.2) is 0 Å². The molecule has 0 unspecified atom stereocenters. The summed E-state index contributed by atoms with van der Waals surface area (Å²) in [6.07, 6.45) is 0. The van der Waals surface area contributed by atoms with Gasteiger partial charge in [0.1, 0.15) is 5.82 Å². The molecule has 1 rings (SSSR count). The minimum absolute atomic E-state index is 0. The fourth-order valence-electron chi connectivity index (χ4n) is 0.567. The van der Waals surface area contributed by atoms with Crippen molar-refractivity contribution in [2.24, 2.45) is 0 Å². The molecule has 5 heteroatoms. The van der Waals surface area contributed by atoms with Gasteiger partial charge in [0.2, 0.25) is 0 Å². The molecule has 0 spiro atoms. The fourth-order valence-corrected chi connectivity index (χ4v) is 0.900. The van der Waals surface area contributed by atoms with Gasteiger partial charge in [0.05, 0.1) is 0 Å². The van der Waals surface area contributed by atoms with Crippen molar-refractivity contribution in [3.05, 3.63) is 34.1 Å². The summed E-state index contributed by atoms with van der Waals surface area (Å²) in [7, 11) is 0. The molecule has 0 radical (unpaired) electrons. The Bertz CT molecular complexity index is 227. The molecule has 0 N–H and O–H groups in total. The molecule has 0 heterocycles. The van der Waals surface area contributed by atoms with Gasteiger partial charge < -0.3 is 0 Å². The van der Waals surface area contributed by atoms with Crippen molar-refractivity contribution < 1.29 is 18.5 Å². The number of rotatable bonds is 0. The highest BCUT2D eigenvalue weighted by molar-refractivity contribution is 9.10. The van der Waals surface area contributed by atoms with E-state index in [2.05, 4.69) is 15.9 Å². The van der Waals surface area contributed by atoms with Crippen molar-refractivity contribution in [2.45, 2.75) is 6.92 Å². The molecule has 0 saturated heterocycles. The highest BCUT2D eigenvalue weighted by Gasteiger charge is 1.94. The molecule has 0 bridgehead atoms. The van der Waals surface area contributed by atoms with E-state index in [1.165, 1.54) is 6.07 Å². The molecule has 0 nitrogen and oxygen atoms in total. The highest BCUT2D eigenvalue weighted by Crippen LogP contribution is 2.13. The minimum Gasteiger partial charge on any atom is -0.269 e. The van der Waals surface area contributed by atoms with Crippen LogP contribution in [0.5, 0.6) is 0 Å². The predicted molar refractivity (Wildman–Crippen MR) is 46.3 cm³/mol. The summed E-state index contributed by atoms with van der Waals surface area (Å²) in [6.45, 7) is 1.74. The predicted octanol–water partition coefficient (Wildman–Crippen LogP) is 3.35. The monoisotopic (exact) mass is 248 g/mol. The third-order valence-corrected chi connectivity index (χ3v) is 1.63. The summed E-state index contributed by atoms with van der Waals surface area (Å²) in [5.74, 6) is -0.163. The quantitative estimate of drug-likeness (QED) is 0.618. The van der Waals surface area contributed by atoms with Gasteiger partial charge in [-0.3, -0.25) is 14.1 Å². The molecule has 0 aliphatic carbocycles. The summed E-state index contributed by atoms with van der Waals surface area (Å²) in [5.41, 5.74) is 0.679. The van der Waals surface area contributed by atoms with E-state index in [4.69, 9.17) is 0 Å². The lowest BCUT2D eigenvalue weighted by atomic mass is 10.2. The van der Waals surface area contributed by atoms with Gasteiger partial charge >= 0.3 is 0 Å². The molecule has 0 aliphatic heterocycles. The van der Waals surface area contributed by atoms with Gasteiger partial charge in [-0.2, -0.15) is 0 Å². The first-order chi connectivity index (χ1) is 4.20. The molecule has 0 fully saturated rings. The Balaban J connectivity index is -0.000000270. The van der Waals surface area contributed by atoms with E-state index in [1.54, 1.807) is 13.0 Å². The van der Waals surface area contributed by atoms with Crippen molar-refractivity contribution in [3.63, 3.8) is 0 Å². The van der Waals surface area contributed by atoms with Crippen LogP contribution in [-0.2, 0) is 0 Å². The second kappa shape index (κ2) is 7.09. The lowest BCUT2D eigenvalue weighted by Crippen LogP contribution is -1.78. The normalized spacial score (nSPS) is 7.25. The van der Waals surface area contributed by atoms with Crippen LogP contribution in [0.15, 0.2) is 22.7 Å². The van der Waals surface area contributed by atoms with Crippen LogP contribution in [0.2, 0.25) is 0 Å². The topological polar surface area (TPSA) is 0 Å². The molecule has 0 amide bonds. The second-order valence-electron chi connectivity index (χ2n) is 1.89. The highest BCUT2D eigenvalue weighted by atomic mass is 79.9. The largest absolute Gasteiger partial charge is 0.269 e. The third kappa shape index (κ3) is 4.33. The van der Waals surface area contributed by atoms with Crippen molar-refractivity contribution in [3.8, 4) is 0 Å². The van der Waals surface area contributed by atoms with Crippen LogP contribution >= 0.6 is 15.9 Å². The van der Waals surface area contributed by atoms with Crippen LogP contribution in [0.3, 0.4) is 0 Å². The average molecular weight is 249 g/mol. The molecule has 0 aliphatic rings. The second-order valence-corrected chi connectivity index (χ2v) is 2.81. The van der Waals surface area contributed by atoms with Gasteiger partial charge in [-0.1, -0.05) is 22.0 Å². The number of hydrogen-bond donors (Lipinski definition) is 0. The number of hydrogen-bond acceptors (Lipinski definition) is 0. The molecule has 72 valence electrons. The molecule has 12 heavy (non-hydrogen) atoms. The fraction of sp³-hybridized carbons (Fsp3) is 0.143. The lowest BCUT2D eigenvalue weighted by Gasteiger charge is -1.93. The van der Waals surface area contributed by atoms with E-state index < -0.39 is 0 Å². The molecular formula is C7H9BrF4. The summed E-state index contributed by atoms with van der Waals surface area (Å²) in [4.78, 5) is 0. The minimum atomic E-state index is -0.163. The number of aryl methyl sites for hydroxylation is 1. The first kappa shape index (κ1) is 17.5. The van der Waals surface area contributed by atoms with Crippen molar-refractivity contribution in [1.82, 2.24) is 0 Å². The zero-order valence-corrected chi connectivity index (χ0v) is 7.80. The van der Waals surface area contributed by atoms with Gasteiger partial charge in [-0.05, 0) is 24.6 Å². The Kier molecular flexibility index (Phi) is 10.3. The smallest absolute Gasteiger partial charge is 0.127 e. The Labute approximate surface area is 76.0 Å². The van der Waals surface area contributed by atoms with E-state index in [0.717, 1.165) is 4.47 Å². The molecular weight excluding hydrogens is 240 g/mol. The zero-order chi connectivity index (χ0) is 6.85. The first-order valence-electron chi connectivity index (χ1n) is 2.62. The molecule has 0 atom stereocenters. The zero-order valence-electron chi connectivity index (χ0n) is 6.21. The van der Waals surface area contributed by atoms with Crippen LogP contribution in [0.4, 0.5) is 18.5 Å². The summed E-state index contributed by atoms with van der Waals surface area (Å²) in [6, 6.07) is 5.01. The molecule has 1 aromatic carbocycles. The molecule has 1 aromatic rings. The van der Waals surface area contributed by atoms with Crippen LogP contribution in [0.1, 0.15) is 5.56 Å². The molecule has 0 aromatic heterocycles. The molecule has 0 saturated carbocycles. The van der Waals surface area contributed by atoms with E-state index in [1.807, 2.05) is 6.07 Å². The summed E-state index contributed by atoms with van der Waals surface area (Å²) < 4.78 is 13.3. The lowest BCUT2D eigenvalue weighted by molar-refractivity contribution is 0.617. The van der Waals surface area contributed by atoms with Gasteiger partial charge in [0.25, 0.3) is 0 Å². The SMILES string of the molecule is Cc1ccc(Br)cc1F.F.F.F. The van der Waals surface area contributed by atoms with Gasteiger partial charge in [-0.15, -0.1) is 0 Å². The Morgan fingerprint density at radius 1 is 1.17 bits per heavy atom. The van der Waals surface area contributed by atoms with E-state index in [-0.39, 0.29) is 19.9 Å². The van der Waals surface area contributed by atoms with Crippen molar-refractivity contribution >= 4 is 15.9 Å². The number of halogens is 5. The third-order valence-electron chi connectivity index (χ3n) is 1.13. The maximum absolute atomic E-state index is 12.5. The van der Waals surface area contributed by atoms with E-state index >= 15 is 0 Å². The first-order valence-corrected chi connectivity index (χ1v) is 3.41. The number of benzene rings is 1. The van der Waals surface area contributed by atoms with Crippen molar-refractivity contribution in [2.75, 3.05) is 0 Å². The van der Waals surface area contributed by atoms with Crippen LogP contribution < -0.4 is 0 Å². The Hall–Kier alpha value is -0.580. The standard InChI is InChI=1S/C7H6BrF.3FH/c1-5-2-3-6(8)4-7(5)9;;;/h2-4H,1H3;3*1H. The Morgan fingerprint density at radius 3 is 2.00 bits per heavy atom. The summed E-state index contributed by atoms with van der Waals surface area (Å²) >= 11 is 3.16. The van der Waals surface area contributed by atoms with Crippen LogP contribution in [0.25, 0.3) is 0 Å². The maximum atomic E-state index is 12.5. The van der Waals surface area contributed by atoms with Crippen LogP contribution in [0, 0.1) is 12.7 Å². The van der Waals surface area contributed by atoms with E-state index in [0.29, 0.717) is 5.56 Å². The average Bonchev–Trinajstić information content (AvgIpc) is 1.80. The maximum Gasteiger partial charge on any atom is 0.127 e. The van der Waals surface area contributed by atoms with Gasteiger partial charge in [-0.25, -0.2) is 4.39 Å². The van der Waals surface area contributed by atoms with Crippen molar-refractivity contribution in [1.29, 1.82) is 0 Å². The Morgan fingerprint density at radius 2 is 1.67 bits per heavy atom. The van der Waals surface area contributed by atoms with E-state index in [9.17, 15) is 4.39 Å². The van der Waals surface area contributed by atoms with Gasteiger partial charge in [0, 0.05) is 4.47 Å².